The average Bonchev–Trinajstić information content (AvgIpc) is 2.80. The molecule has 0 aliphatic heterocycles. The zero-order valence-corrected chi connectivity index (χ0v) is 26.6. The first-order chi connectivity index (χ1) is 18.0. The Morgan fingerprint density at radius 1 is 1.05 bits per heavy atom. The van der Waals surface area contributed by atoms with E-state index in [4.69, 9.17) is 17.9 Å². The van der Waals surface area contributed by atoms with Gasteiger partial charge in [-0.05, 0) is 127 Å². The third kappa shape index (κ3) is 4.27. The van der Waals surface area contributed by atoms with Crippen LogP contribution in [0.4, 0.5) is 0 Å². The predicted octanol–water partition coefficient (Wildman–Crippen LogP) is 10.8. The second-order valence-corrected chi connectivity index (χ2v) is 13.9. The van der Waals surface area contributed by atoms with E-state index < -0.39 is 0 Å². The van der Waals surface area contributed by atoms with Crippen LogP contribution in [-0.2, 0) is 17.6 Å². The fraction of sp³-hybridized carbons (Fsp3) is 0.526. The second kappa shape index (κ2) is 9.83. The SMILES string of the molecule is C=C(CCc1cc(C(C)C)c2c(c1C)C(=C)C1=C(C)[C@@]3(C)C(=C)C(C(=C)C)=C(C)C[C@@]3(C)C[C@@]1(C)C2)OCC. The molecule has 0 bridgehead atoms. The summed E-state index contributed by atoms with van der Waals surface area (Å²) in [6.45, 7) is 42.2. The smallest absolute Gasteiger partial charge is 0.0891 e. The summed E-state index contributed by atoms with van der Waals surface area (Å²) >= 11 is 0. The number of benzene rings is 1. The highest BCUT2D eigenvalue weighted by Crippen LogP contribution is 2.70. The van der Waals surface area contributed by atoms with Crippen molar-refractivity contribution in [2.75, 3.05) is 6.61 Å². The molecule has 1 aromatic carbocycles. The van der Waals surface area contributed by atoms with E-state index in [1.54, 1.807) is 0 Å². The van der Waals surface area contributed by atoms with Crippen molar-refractivity contribution < 1.29 is 4.74 Å². The van der Waals surface area contributed by atoms with Crippen LogP contribution in [-0.4, -0.2) is 6.61 Å². The van der Waals surface area contributed by atoms with Gasteiger partial charge in [-0.3, -0.25) is 0 Å². The molecule has 210 valence electrons. The molecule has 3 aliphatic rings. The van der Waals surface area contributed by atoms with Gasteiger partial charge in [-0.25, -0.2) is 0 Å². The molecule has 1 nitrogen and oxygen atoms in total. The second-order valence-electron chi connectivity index (χ2n) is 13.9. The van der Waals surface area contributed by atoms with Crippen LogP contribution in [0.3, 0.4) is 0 Å². The molecule has 0 radical (unpaired) electrons. The summed E-state index contributed by atoms with van der Waals surface area (Å²) in [6.07, 6.45) is 5.08. The molecule has 0 heterocycles. The third-order valence-corrected chi connectivity index (χ3v) is 10.8. The summed E-state index contributed by atoms with van der Waals surface area (Å²) in [5.74, 6) is 1.33. The van der Waals surface area contributed by atoms with Crippen LogP contribution in [0.2, 0.25) is 0 Å². The maximum atomic E-state index is 5.69. The van der Waals surface area contributed by atoms with Gasteiger partial charge in [0, 0.05) is 11.8 Å². The number of allylic oxidation sites excluding steroid dienone is 8. The van der Waals surface area contributed by atoms with E-state index in [1.807, 2.05) is 6.92 Å². The van der Waals surface area contributed by atoms with Gasteiger partial charge in [0.15, 0.2) is 0 Å². The molecular weight excluding hydrogens is 472 g/mol. The van der Waals surface area contributed by atoms with E-state index in [0.29, 0.717) is 12.5 Å². The van der Waals surface area contributed by atoms with Crippen LogP contribution in [0, 0.1) is 23.2 Å². The predicted molar refractivity (Wildman–Crippen MR) is 170 cm³/mol. The maximum Gasteiger partial charge on any atom is 0.0891 e. The summed E-state index contributed by atoms with van der Waals surface area (Å²) in [5.41, 5.74) is 16.5. The molecule has 3 aliphatic carbocycles. The molecule has 0 spiro atoms. The summed E-state index contributed by atoms with van der Waals surface area (Å²) in [4.78, 5) is 0. The van der Waals surface area contributed by atoms with Crippen molar-refractivity contribution >= 4 is 5.57 Å². The van der Waals surface area contributed by atoms with Crippen LogP contribution in [0.5, 0.6) is 0 Å². The van der Waals surface area contributed by atoms with Gasteiger partial charge in [0.2, 0.25) is 0 Å². The Bertz CT molecular complexity index is 1360. The monoisotopic (exact) mass is 524 g/mol. The first-order valence-corrected chi connectivity index (χ1v) is 15.0. The van der Waals surface area contributed by atoms with Gasteiger partial charge in [-0.15, -0.1) is 0 Å². The highest BCUT2D eigenvalue weighted by atomic mass is 16.5. The van der Waals surface area contributed by atoms with Crippen LogP contribution in [0.15, 0.2) is 71.6 Å². The van der Waals surface area contributed by atoms with Gasteiger partial charge in [-0.1, -0.05) is 83.7 Å². The highest BCUT2D eigenvalue weighted by Gasteiger charge is 2.59. The molecule has 0 unspecified atom stereocenters. The maximum absolute atomic E-state index is 5.69. The lowest BCUT2D eigenvalue weighted by atomic mass is 9.41. The van der Waals surface area contributed by atoms with E-state index in [0.717, 1.165) is 43.4 Å². The fourth-order valence-electron chi connectivity index (χ4n) is 9.01. The number of aryl methyl sites for hydroxylation is 1. The Kier molecular flexibility index (Phi) is 7.42. The van der Waals surface area contributed by atoms with Gasteiger partial charge >= 0.3 is 0 Å². The van der Waals surface area contributed by atoms with Gasteiger partial charge in [0.05, 0.1) is 12.4 Å². The van der Waals surface area contributed by atoms with E-state index in [-0.39, 0.29) is 16.2 Å². The first kappa shape index (κ1) is 29.4. The van der Waals surface area contributed by atoms with E-state index in [1.165, 1.54) is 61.3 Å². The minimum Gasteiger partial charge on any atom is -0.499 e. The molecule has 0 N–H and O–H groups in total. The summed E-state index contributed by atoms with van der Waals surface area (Å²) in [5, 5.41) is 0. The van der Waals surface area contributed by atoms with Crippen molar-refractivity contribution in [3.63, 3.8) is 0 Å². The number of ether oxygens (including phenoxy) is 1. The molecule has 0 aromatic heterocycles. The molecule has 39 heavy (non-hydrogen) atoms. The Labute approximate surface area is 239 Å². The summed E-state index contributed by atoms with van der Waals surface area (Å²) in [7, 11) is 0. The lowest BCUT2D eigenvalue weighted by molar-refractivity contribution is 0.0543. The van der Waals surface area contributed by atoms with Crippen LogP contribution >= 0.6 is 0 Å². The van der Waals surface area contributed by atoms with Crippen LogP contribution < -0.4 is 0 Å². The molecule has 0 fully saturated rings. The Morgan fingerprint density at radius 3 is 2.26 bits per heavy atom. The largest absolute Gasteiger partial charge is 0.499 e. The zero-order chi connectivity index (χ0) is 29.2. The number of rotatable bonds is 7. The lowest BCUT2D eigenvalue weighted by Gasteiger charge is -2.62. The van der Waals surface area contributed by atoms with Gasteiger partial charge in [0.1, 0.15) is 0 Å². The lowest BCUT2D eigenvalue weighted by Crippen LogP contribution is -2.52. The fourth-order valence-corrected chi connectivity index (χ4v) is 9.01. The summed E-state index contributed by atoms with van der Waals surface area (Å²) in [6, 6.07) is 2.49. The topological polar surface area (TPSA) is 9.23 Å². The quantitative estimate of drug-likeness (QED) is 0.322. The van der Waals surface area contributed by atoms with Crippen molar-refractivity contribution in [2.24, 2.45) is 16.2 Å². The molecule has 3 atom stereocenters. The van der Waals surface area contributed by atoms with Crippen LogP contribution in [0.25, 0.3) is 5.57 Å². The standard InChI is InChI=1S/C38H52O/c1-15-39-25(7)16-17-30-18-31(22(2)3)32-20-36(12)21-37(13)19-24(6)33(23(4)5)28(10)38(37,14)29(11)35(36)27(9)34(32)26(30)8/h18,22H,4,7,9-10,15-17,19-21H2,1-3,5-6,8,11-14H3/t36-,37+,38-/m1/s1. The van der Waals surface area contributed by atoms with Crippen molar-refractivity contribution in [2.45, 2.75) is 107 Å². The van der Waals surface area contributed by atoms with E-state index in [2.05, 4.69) is 81.5 Å². The van der Waals surface area contributed by atoms with Gasteiger partial charge in [-0.2, -0.15) is 0 Å². The van der Waals surface area contributed by atoms with Crippen LogP contribution in [0.1, 0.15) is 115 Å². The van der Waals surface area contributed by atoms with E-state index >= 15 is 0 Å². The molecule has 4 rings (SSSR count). The van der Waals surface area contributed by atoms with Crippen molar-refractivity contribution in [1.29, 1.82) is 0 Å². The first-order valence-electron chi connectivity index (χ1n) is 15.0. The Morgan fingerprint density at radius 2 is 1.69 bits per heavy atom. The van der Waals surface area contributed by atoms with E-state index in [9.17, 15) is 0 Å². The van der Waals surface area contributed by atoms with Crippen molar-refractivity contribution in [3.05, 3.63) is 99.4 Å². The number of hydrogen-bond donors (Lipinski definition) is 0. The molecule has 0 saturated heterocycles. The molecular formula is C38H52O. The molecule has 0 saturated carbocycles. The third-order valence-electron chi connectivity index (χ3n) is 10.8. The van der Waals surface area contributed by atoms with Crippen molar-refractivity contribution in [3.8, 4) is 0 Å². The normalized spacial score (nSPS) is 28.4. The molecule has 1 heteroatoms. The average molecular weight is 525 g/mol. The minimum atomic E-state index is -0.127. The number of fused-ring (bicyclic) bond motifs is 3. The zero-order valence-electron chi connectivity index (χ0n) is 26.6. The minimum absolute atomic E-state index is 0.0462. The van der Waals surface area contributed by atoms with Crippen molar-refractivity contribution in [1.82, 2.24) is 0 Å². The highest BCUT2D eigenvalue weighted by molar-refractivity contribution is 5.87. The molecule has 0 amide bonds. The van der Waals surface area contributed by atoms with Gasteiger partial charge in [0.25, 0.3) is 0 Å². The van der Waals surface area contributed by atoms with Gasteiger partial charge < -0.3 is 4.74 Å². The Balaban J connectivity index is 1.94. The Hall–Kier alpha value is -2.54. The summed E-state index contributed by atoms with van der Waals surface area (Å²) < 4.78 is 5.69. The molecule has 1 aromatic rings. The number of hydrogen-bond acceptors (Lipinski definition) is 1.